The zero-order valence-electron chi connectivity index (χ0n) is 9.58. The van der Waals surface area contributed by atoms with Crippen molar-refractivity contribution in [3.05, 3.63) is 59.9 Å². The predicted octanol–water partition coefficient (Wildman–Crippen LogP) is 2.07. The zero-order chi connectivity index (χ0) is 12.8. The zero-order valence-corrected chi connectivity index (χ0v) is 10.3. The Hall–Kier alpha value is -1.94. The number of benzene rings is 1. The minimum absolute atomic E-state index is 0.242. The molecule has 92 valence electrons. The van der Waals surface area contributed by atoms with Crippen LogP contribution in [0.3, 0.4) is 0 Å². The van der Waals surface area contributed by atoms with Crippen LogP contribution < -0.4 is 5.32 Å². The normalized spacial score (nSPS) is 11.8. The van der Waals surface area contributed by atoms with Gasteiger partial charge in [0.2, 0.25) is 5.91 Å². The summed E-state index contributed by atoms with van der Waals surface area (Å²) in [6.07, 6.45) is 1.58. The molecule has 0 aliphatic rings. The van der Waals surface area contributed by atoms with E-state index in [1.165, 1.54) is 0 Å². The van der Waals surface area contributed by atoms with Gasteiger partial charge >= 0.3 is 0 Å². The molecule has 4 nitrogen and oxygen atoms in total. The maximum absolute atomic E-state index is 11.8. The van der Waals surface area contributed by atoms with Crippen molar-refractivity contribution in [1.82, 2.24) is 15.5 Å². The molecule has 0 fully saturated rings. The molecule has 0 radical (unpaired) electrons. The molecule has 1 aromatic carbocycles. The van der Waals surface area contributed by atoms with Crippen LogP contribution in [0.4, 0.5) is 0 Å². The van der Waals surface area contributed by atoms with Gasteiger partial charge in [-0.2, -0.15) is 10.2 Å². The number of nitrogens with zero attached hydrogens (tertiary/aromatic N) is 2. The van der Waals surface area contributed by atoms with E-state index in [0.717, 1.165) is 5.56 Å². The standard InChI is InChI=1S/C13H12ClN3O/c14-12(10-5-2-1-3-6-10)13(18)15-9-11-7-4-8-16-17-11/h1-8,12H,9H2,(H,15,18). The topological polar surface area (TPSA) is 54.9 Å². The molecule has 1 aromatic heterocycles. The number of hydrogen-bond donors (Lipinski definition) is 1. The van der Waals surface area contributed by atoms with Crippen molar-refractivity contribution in [2.75, 3.05) is 0 Å². The van der Waals surface area contributed by atoms with Gasteiger partial charge in [-0.3, -0.25) is 4.79 Å². The van der Waals surface area contributed by atoms with Gasteiger partial charge in [-0.1, -0.05) is 30.3 Å². The summed E-state index contributed by atoms with van der Waals surface area (Å²) >= 11 is 6.07. The third kappa shape index (κ3) is 3.28. The molecule has 1 unspecified atom stereocenters. The molecule has 0 saturated heterocycles. The van der Waals surface area contributed by atoms with Crippen molar-refractivity contribution in [2.45, 2.75) is 11.9 Å². The summed E-state index contributed by atoms with van der Waals surface area (Å²) in [6.45, 7) is 0.322. The molecule has 0 aliphatic heterocycles. The fourth-order valence-electron chi connectivity index (χ4n) is 1.47. The van der Waals surface area contributed by atoms with E-state index >= 15 is 0 Å². The van der Waals surface area contributed by atoms with Gasteiger partial charge in [0, 0.05) is 6.20 Å². The molecule has 1 N–H and O–H groups in total. The Morgan fingerprint density at radius 3 is 2.67 bits per heavy atom. The summed E-state index contributed by atoms with van der Waals surface area (Å²) in [5.74, 6) is -0.242. The maximum atomic E-state index is 11.8. The number of amides is 1. The second-order valence-corrected chi connectivity index (χ2v) is 4.14. The summed E-state index contributed by atoms with van der Waals surface area (Å²) in [5.41, 5.74) is 1.47. The molecule has 0 spiro atoms. The van der Waals surface area contributed by atoms with Crippen LogP contribution in [0, 0.1) is 0 Å². The van der Waals surface area contributed by atoms with Gasteiger partial charge in [0.15, 0.2) is 0 Å². The van der Waals surface area contributed by atoms with E-state index in [1.54, 1.807) is 18.3 Å². The number of nitrogens with one attached hydrogen (secondary N) is 1. The summed E-state index contributed by atoms with van der Waals surface area (Å²) in [6, 6.07) is 12.8. The first kappa shape index (κ1) is 12.5. The van der Waals surface area contributed by atoms with E-state index in [0.29, 0.717) is 12.2 Å². The highest BCUT2D eigenvalue weighted by molar-refractivity contribution is 6.30. The number of carbonyl (C=O) groups excluding carboxylic acids is 1. The van der Waals surface area contributed by atoms with Crippen LogP contribution in [0.1, 0.15) is 16.6 Å². The van der Waals surface area contributed by atoms with Crippen molar-refractivity contribution in [2.24, 2.45) is 0 Å². The van der Waals surface area contributed by atoms with Gasteiger partial charge in [0.05, 0.1) is 12.2 Å². The van der Waals surface area contributed by atoms with Crippen molar-refractivity contribution in [3.8, 4) is 0 Å². The van der Waals surface area contributed by atoms with E-state index in [-0.39, 0.29) is 5.91 Å². The van der Waals surface area contributed by atoms with E-state index in [2.05, 4.69) is 15.5 Å². The SMILES string of the molecule is O=C(NCc1cccnn1)C(Cl)c1ccccc1. The van der Waals surface area contributed by atoms with E-state index < -0.39 is 5.38 Å². The Labute approximate surface area is 110 Å². The lowest BCUT2D eigenvalue weighted by molar-refractivity contribution is -0.121. The second-order valence-electron chi connectivity index (χ2n) is 3.71. The predicted molar refractivity (Wildman–Crippen MR) is 68.9 cm³/mol. The fourth-order valence-corrected chi connectivity index (χ4v) is 1.69. The number of hydrogen-bond acceptors (Lipinski definition) is 3. The van der Waals surface area contributed by atoms with Gasteiger partial charge in [-0.15, -0.1) is 11.6 Å². The van der Waals surface area contributed by atoms with Crippen LogP contribution in [0.25, 0.3) is 0 Å². The first-order chi connectivity index (χ1) is 8.77. The van der Waals surface area contributed by atoms with Crippen LogP contribution in [-0.2, 0) is 11.3 Å². The molecule has 2 aromatic rings. The highest BCUT2D eigenvalue weighted by Gasteiger charge is 2.16. The van der Waals surface area contributed by atoms with Crippen molar-refractivity contribution >= 4 is 17.5 Å². The van der Waals surface area contributed by atoms with Gasteiger partial charge in [0.1, 0.15) is 5.38 Å². The summed E-state index contributed by atoms with van der Waals surface area (Å²) in [7, 11) is 0. The minimum Gasteiger partial charge on any atom is -0.349 e. The molecule has 0 saturated carbocycles. The van der Waals surface area contributed by atoms with Gasteiger partial charge in [-0.25, -0.2) is 0 Å². The Balaban J connectivity index is 1.93. The number of carbonyl (C=O) groups is 1. The van der Waals surface area contributed by atoms with Crippen LogP contribution in [0.15, 0.2) is 48.7 Å². The van der Waals surface area contributed by atoms with Crippen molar-refractivity contribution < 1.29 is 4.79 Å². The second kappa shape index (κ2) is 6.12. The average Bonchev–Trinajstić information content (AvgIpc) is 2.46. The van der Waals surface area contributed by atoms with E-state index in [9.17, 15) is 4.79 Å². The maximum Gasteiger partial charge on any atom is 0.242 e. The third-order valence-corrected chi connectivity index (χ3v) is 2.84. The smallest absolute Gasteiger partial charge is 0.242 e. The Kier molecular flexibility index (Phi) is 4.25. The third-order valence-electron chi connectivity index (χ3n) is 2.39. The van der Waals surface area contributed by atoms with Gasteiger partial charge in [0.25, 0.3) is 0 Å². The summed E-state index contributed by atoms with van der Waals surface area (Å²) in [4.78, 5) is 11.8. The molecular formula is C13H12ClN3O. The molecule has 1 amide bonds. The quantitative estimate of drug-likeness (QED) is 0.858. The fraction of sp³-hybridized carbons (Fsp3) is 0.154. The first-order valence-corrected chi connectivity index (χ1v) is 5.94. The summed E-state index contributed by atoms with van der Waals surface area (Å²) < 4.78 is 0. The van der Waals surface area contributed by atoms with Crippen molar-refractivity contribution in [3.63, 3.8) is 0 Å². The largest absolute Gasteiger partial charge is 0.349 e. The lowest BCUT2D eigenvalue weighted by atomic mass is 10.1. The Morgan fingerprint density at radius 1 is 1.22 bits per heavy atom. The highest BCUT2D eigenvalue weighted by Crippen LogP contribution is 2.19. The van der Waals surface area contributed by atoms with E-state index in [1.807, 2.05) is 30.3 Å². The van der Waals surface area contributed by atoms with Crippen molar-refractivity contribution in [1.29, 1.82) is 0 Å². The molecule has 2 rings (SSSR count). The molecule has 1 heterocycles. The van der Waals surface area contributed by atoms with Crippen LogP contribution in [-0.4, -0.2) is 16.1 Å². The lowest BCUT2D eigenvalue weighted by Crippen LogP contribution is -2.26. The first-order valence-electron chi connectivity index (χ1n) is 5.50. The Bertz CT molecular complexity index is 504. The molecule has 0 aliphatic carbocycles. The molecule has 18 heavy (non-hydrogen) atoms. The van der Waals surface area contributed by atoms with Crippen LogP contribution >= 0.6 is 11.6 Å². The summed E-state index contributed by atoms with van der Waals surface area (Å²) in [5, 5.41) is 9.64. The number of aromatic nitrogens is 2. The number of alkyl halides is 1. The van der Waals surface area contributed by atoms with Crippen LogP contribution in [0.5, 0.6) is 0 Å². The molecule has 0 bridgehead atoms. The molecule has 5 heteroatoms. The molecule has 1 atom stereocenters. The Morgan fingerprint density at radius 2 is 2.00 bits per heavy atom. The monoisotopic (exact) mass is 261 g/mol. The van der Waals surface area contributed by atoms with E-state index in [4.69, 9.17) is 11.6 Å². The molecular weight excluding hydrogens is 250 g/mol. The number of rotatable bonds is 4. The van der Waals surface area contributed by atoms with Gasteiger partial charge in [-0.05, 0) is 17.7 Å². The van der Waals surface area contributed by atoms with Gasteiger partial charge < -0.3 is 5.32 Å². The minimum atomic E-state index is -0.692. The highest BCUT2D eigenvalue weighted by atomic mass is 35.5. The average molecular weight is 262 g/mol. The number of halogens is 1. The lowest BCUT2D eigenvalue weighted by Gasteiger charge is -2.10. The van der Waals surface area contributed by atoms with Crippen LogP contribution in [0.2, 0.25) is 0 Å².